The van der Waals surface area contributed by atoms with Crippen LogP contribution in [0.25, 0.3) is 11.3 Å². The molecule has 4 heterocycles. The van der Waals surface area contributed by atoms with Gasteiger partial charge in [0.15, 0.2) is 0 Å². The predicted molar refractivity (Wildman–Crippen MR) is 99.0 cm³/mol. The van der Waals surface area contributed by atoms with Crippen LogP contribution in [0.15, 0.2) is 52.1 Å². The van der Waals surface area contributed by atoms with Crippen molar-refractivity contribution in [3.05, 3.63) is 64.9 Å². The average Bonchev–Trinajstić information content (AvgIpc) is 3.41. The summed E-state index contributed by atoms with van der Waals surface area (Å²) in [6, 6.07) is 7.15. The van der Waals surface area contributed by atoms with Gasteiger partial charge in [0.2, 0.25) is 5.89 Å². The van der Waals surface area contributed by atoms with Gasteiger partial charge in [0.05, 0.1) is 25.0 Å². The molecule has 5 rings (SSSR count). The van der Waals surface area contributed by atoms with Crippen molar-refractivity contribution in [1.29, 1.82) is 0 Å². The first-order valence-corrected chi connectivity index (χ1v) is 9.40. The molecule has 138 valence electrons. The molecule has 0 N–H and O–H groups in total. The van der Waals surface area contributed by atoms with Gasteiger partial charge in [-0.15, -0.1) is 0 Å². The lowest BCUT2D eigenvalue weighted by Crippen LogP contribution is -2.48. The van der Waals surface area contributed by atoms with Gasteiger partial charge in [0.1, 0.15) is 5.76 Å². The van der Waals surface area contributed by atoms with Gasteiger partial charge in [-0.25, -0.2) is 9.67 Å². The second kappa shape index (κ2) is 6.74. The van der Waals surface area contributed by atoms with Crippen molar-refractivity contribution in [2.75, 3.05) is 13.1 Å². The van der Waals surface area contributed by atoms with Crippen LogP contribution in [-0.4, -0.2) is 37.7 Å². The summed E-state index contributed by atoms with van der Waals surface area (Å²) in [7, 11) is 0. The molecule has 0 spiro atoms. The first-order valence-electron chi connectivity index (χ1n) is 9.40. The van der Waals surface area contributed by atoms with Crippen LogP contribution in [0.1, 0.15) is 30.4 Å². The van der Waals surface area contributed by atoms with Crippen LogP contribution in [0.5, 0.6) is 0 Å². The molecule has 1 aliphatic heterocycles. The second-order valence-electron chi connectivity index (χ2n) is 7.47. The van der Waals surface area contributed by atoms with Crippen LogP contribution in [0.2, 0.25) is 0 Å². The van der Waals surface area contributed by atoms with Crippen molar-refractivity contribution in [1.82, 2.24) is 24.6 Å². The van der Waals surface area contributed by atoms with E-state index in [1.807, 2.05) is 18.3 Å². The zero-order chi connectivity index (χ0) is 18.2. The average molecular weight is 363 g/mol. The first kappa shape index (κ1) is 16.4. The molecule has 3 aromatic rings. The lowest BCUT2D eigenvalue weighted by Gasteiger charge is -2.38. The highest BCUT2D eigenvalue weighted by molar-refractivity contribution is 5.56. The lowest BCUT2D eigenvalue weighted by atomic mass is 10.0. The van der Waals surface area contributed by atoms with Gasteiger partial charge in [-0.2, -0.15) is 5.10 Å². The number of nitrogens with zero attached hydrogens (tertiary/aromatic N) is 5. The largest absolute Gasteiger partial charge is 0.444 e. The van der Waals surface area contributed by atoms with E-state index in [0.29, 0.717) is 18.4 Å². The van der Waals surface area contributed by atoms with Crippen LogP contribution >= 0.6 is 0 Å². The number of hydrogen-bond donors (Lipinski definition) is 0. The Morgan fingerprint density at radius 1 is 1.15 bits per heavy atom. The summed E-state index contributed by atoms with van der Waals surface area (Å²) in [6.45, 7) is 3.21. The quantitative estimate of drug-likeness (QED) is 0.669. The van der Waals surface area contributed by atoms with Crippen LogP contribution in [0.3, 0.4) is 0 Å². The highest BCUT2D eigenvalue weighted by Gasteiger charge is 2.30. The van der Waals surface area contributed by atoms with Crippen molar-refractivity contribution >= 4 is 0 Å². The van der Waals surface area contributed by atoms with Gasteiger partial charge in [-0.1, -0.05) is 0 Å². The Labute approximate surface area is 156 Å². The fraction of sp³-hybridized carbons (Fsp3) is 0.400. The normalized spacial score (nSPS) is 17.8. The third-order valence-corrected chi connectivity index (χ3v) is 5.20. The minimum Gasteiger partial charge on any atom is -0.444 e. The molecule has 0 bridgehead atoms. The van der Waals surface area contributed by atoms with E-state index < -0.39 is 0 Å². The summed E-state index contributed by atoms with van der Waals surface area (Å²) >= 11 is 0. The molecule has 0 radical (unpaired) electrons. The van der Waals surface area contributed by atoms with E-state index in [1.54, 1.807) is 29.2 Å². The topological polar surface area (TPSA) is 77.1 Å². The van der Waals surface area contributed by atoms with Crippen molar-refractivity contribution in [3.63, 3.8) is 0 Å². The van der Waals surface area contributed by atoms with Crippen LogP contribution in [-0.2, 0) is 13.1 Å². The standard InChI is InChI=1S/C20H21N5O2/c26-20-6-5-17(16-2-1-7-21-8-16)23-25(20)12-14-10-24(11-14)13-19-22-9-18(27-19)15-3-4-15/h1-2,5-9,14-15H,3-4,10-13H2. The zero-order valence-electron chi connectivity index (χ0n) is 15.0. The summed E-state index contributed by atoms with van der Waals surface area (Å²) in [4.78, 5) is 23.0. The van der Waals surface area contributed by atoms with E-state index in [-0.39, 0.29) is 5.56 Å². The van der Waals surface area contributed by atoms with Crippen molar-refractivity contribution < 1.29 is 4.42 Å². The molecular weight excluding hydrogens is 342 g/mol. The number of oxazole rings is 1. The molecule has 1 saturated carbocycles. The smallest absolute Gasteiger partial charge is 0.266 e. The maximum Gasteiger partial charge on any atom is 0.266 e. The van der Waals surface area contributed by atoms with Gasteiger partial charge in [0.25, 0.3) is 5.56 Å². The Hall–Kier alpha value is -2.80. The maximum absolute atomic E-state index is 12.2. The number of aromatic nitrogens is 4. The number of pyridine rings is 1. The SMILES string of the molecule is O=c1ccc(-c2cccnc2)nn1CC1CN(Cc2ncc(C3CC3)o2)C1. The molecule has 7 nitrogen and oxygen atoms in total. The molecule has 0 atom stereocenters. The summed E-state index contributed by atoms with van der Waals surface area (Å²) in [5, 5.41) is 4.52. The fourth-order valence-electron chi connectivity index (χ4n) is 3.56. The van der Waals surface area contributed by atoms with E-state index in [9.17, 15) is 4.79 Å². The van der Waals surface area contributed by atoms with E-state index in [0.717, 1.165) is 42.5 Å². The minimum atomic E-state index is -0.0668. The minimum absolute atomic E-state index is 0.0668. The zero-order valence-corrected chi connectivity index (χ0v) is 15.0. The third kappa shape index (κ3) is 3.55. The molecule has 0 amide bonds. The molecule has 1 saturated heterocycles. The van der Waals surface area contributed by atoms with Gasteiger partial charge in [-0.05, 0) is 31.0 Å². The van der Waals surface area contributed by atoms with E-state index >= 15 is 0 Å². The van der Waals surface area contributed by atoms with Gasteiger partial charge in [-0.3, -0.25) is 14.7 Å². The number of rotatable bonds is 6. The van der Waals surface area contributed by atoms with Crippen molar-refractivity contribution in [2.45, 2.75) is 31.8 Å². The Bertz CT molecular complexity index is 987. The third-order valence-electron chi connectivity index (χ3n) is 5.20. The Kier molecular flexibility index (Phi) is 4.09. The van der Waals surface area contributed by atoms with Gasteiger partial charge >= 0.3 is 0 Å². The van der Waals surface area contributed by atoms with Crippen LogP contribution in [0, 0.1) is 5.92 Å². The first-order chi connectivity index (χ1) is 13.2. The molecule has 0 unspecified atom stereocenters. The summed E-state index contributed by atoms with van der Waals surface area (Å²) < 4.78 is 7.40. The van der Waals surface area contributed by atoms with Gasteiger partial charge < -0.3 is 4.42 Å². The molecule has 0 aromatic carbocycles. The number of likely N-dealkylation sites (tertiary alicyclic amines) is 1. The van der Waals surface area contributed by atoms with E-state index in [1.165, 1.54) is 12.8 Å². The highest BCUT2D eigenvalue weighted by Crippen LogP contribution is 2.40. The Balaban J connectivity index is 1.20. The highest BCUT2D eigenvalue weighted by atomic mass is 16.4. The molecule has 3 aromatic heterocycles. The molecule has 27 heavy (non-hydrogen) atoms. The molecule has 2 fully saturated rings. The summed E-state index contributed by atoms with van der Waals surface area (Å²) in [5.74, 6) is 2.84. The van der Waals surface area contributed by atoms with Crippen LogP contribution < -0.4 is 5.56 Å². The molecule has 7 heteroatoms. The predicted octanol–water partition coefficient (Wildman–Crippen LogP) is 2.30. The second-order valence-corrected chi connectivity index (χ2v) is 7.47. The van der Waals surface area contributed by atoms with E-state index in [4.69, 9.17) is 4.42 Å². The fourth-order valence-corrected chi connectivity index (χ4v) is 3.56. The number of hydrogen-bond acceptors (Lipinski definition) is 6. The van der Waals surface area contributed by atoms with Crippen molar-refractivity contribution in [2.24, 2.45) is 5.92 Å². The van der Waals surface area contributed by atoms with Crippen LogP contribution in [0.4, 0.5) is 0 Å². The maximum atomic E-state index is 12.2. The Morgan fingerprint density at radius 2 is 2.04 bits per heavy atom. The van der Waals surface area contributed by atoms with E-state index in [2.05, 4.69) is 20.0 Å². The summed E-state index contributed by atoms with van der Waals surface area (Å²) in [5.41, 5.74) is 1.62. The molecule has 1 aliphatic carbocycles. The lowest BCUT2D eigenvalue weighted by molar-refractivity contribution is 0.0677. The van der Waals surface area contributed by atoms with Gasteiger partial charge in [0, 0.05) is 48.9 Å². The van der Waals surface area contributed by atoms with Crippen molar-refractivity contribution in [3.8, 4) is 11.3 Å². The molecular formula is C20H21N5O2. The molecule has 2 aliphatic rings. The monoisotopic (exact) mass is 363 g/mol. The Morgan fingerprint density at radius 3 is 2.81 bits per heavy atom. The summed E-state index contributed by atoms with van der Waals surface area (Å²) in [6.07, 6.45) is 7.80.